The lowest BCUT2D eigenvalue weighted by Gasteiger charge is -2.09. The SMILES string of the molecule is O=C(O)C(=O)C(O)C(O)OO. The van der Waals surface area contributed by atoms with Gasteiger partial charge in [-0.3, -0.25) is 4.79 Å². The van der Waals surface area contributed by atoms with Crippen molar-refractivity contribution in [1.29, 1.82) is 0 Å². The number of hydrogen-bond acceptors (Lipinski definition) is 6. The highest BCUT2D eigenvalue weighted by Crippen LogP contribution is 1.95. The third-order valence-corrected chi connectivity index (χ3v) is 0.858. The van der Waals surface area contributed by atoms with Gasteiger partial charge in [-0.25, -0.2) is 14.9 Å². The Morgan fingerprint density at radius 1 is 1.27 bits per heavy atom. The molecule has 0 aliphatic rings. The maximum Gasteiger partial charge on any atom is 0.375 e. The van der Waals surface area contributed by atoms with Crippen LogP contribution in [-0.4, -0.2) is 44.7 Å². The molecule has 0 aliphatic carbocycles. The molecule has 2 atom stereocenters. The molecule has 0 spiro atoms. The maximum absolute atomic E-state index is 10.2. The molecule has 11 heavy (non-hydrogen) atoms. The van der Waals surface area contributed by atoms with Crippen LogP contribution >= 0.6 is 0 Å². The smallest absolute Gasteiger partial charge is 0.375 e. The normalized spacial score (nSPS) is 15.5. The molecule has 0 aromatic carbocycles. The number of carbonyl (C=O) groups excluding carboxylic acids is 1. The molecular weight excluding hydrogens is 160 g/mol. The fraction of sp³-hybridized carbons (Fsp3) is 0.500. The topological polar surface area (TPSA) is 124 Å². The summed E-state index contributed by atoms with van der Waals surface area (Å²) in [5, 5.41) is 32.5. The van der Waals surface area contributed by atoms with E-state index in [1.807, 2.05) is 0 Å². The number of carboxylic acid groups (broad SMARTS) is 1. The van der Waals surface area contributed by atoms with Crippen molar-refractivity contribution in [2.45, 2.75) is 12.4 Å². The number of Topliss-reactive ketones (excluding diaryl/α,β-unsaturated/α-hetero) is 1. The standard InChI is InChI=1S/C4H6O7/c5-1(3(7)8)2(6)4(9)11-10/h2,4,6,9-10H,(H,7,8). The van der Waals surface area contributed by atoms with E-state index >= 15 is 0 Å². The fourth-order valence-corrected chi connectivity index (χ4v) is 0.314. The third kappa shape index (κ3) is 2.60. The van der Waals surface area contributed by atoms with E-state index in [1.165, 1.54) is 0 Å². The predicted molar refractivity (Wildman–Crippen MR) is 28.4 cm³/mol. The van der Waals surface area contributed by atoms with Gasteiger partial charge in [0.15, 0.2) is 6.10 Å². The Labute approximate surface area is 60.4 Å². The van der Waals surface area contributed by atoms with Crippen molar-refractivity contribution in [1.82, 2.24) is 0 Å². The molecule has 0 heterocycles. The highest BCUT2D eigenvalue weighted by Gasteiger charge is 2.30. The lowest BCUT2D eigenvalue weighted by atomic mass is 10.2. The van der Waals surface area contributed by atoms with Crippen LogP contribution in [-0.2, 0) is 14.5 Å². The summed E-state index contributed by atoms with van der Waals surface area (Å²) < 4.78 is 0. The van der Waals surface area contributed by atoms with Crippen LogP contribution in [0.25, 0.3) is 0 Å². The first-order valence-electron chi connectivity index (χ1n) is 2.44. The molecule has 0 fully saturated rings. The van der Waals surface area contributed by atoms with Gasteiger partial charge in [0, 0.05) is 0 Å². The van der Waals surface area contributed by atoms with Crippen molar-refractivity contribution in [2.24, 2.45) is 0 Å². The number of aliphatic hydroxyl groups excluding tert-OH is 2. The number of ketones is 1. The Hall–Kier alpha value is -1.02. The highest BCUT2D eigenvalue weighted by atomic mass is 17.1. The quantitative estimate of drug-likeness (QED) is 0.162. The number of carbonyl (C=O) groups is 2. The van der Waals surface area contributed by atoms with Gasteiger partial charge in [0.2, 0.25) is 6.29 Å². The van der Waals surface area contributed by atoms with Crippen LogP contribution in [0, 0.1) is 0 Å². The number of rotatable bonds is 4. The average molecular weight is 166 g/mol. The van der Waals surface area contributed by atoms with Gasteiger partial charge in [-0.15, -0.1) is 0 Å². The highest BCUT2D eigenvalue weighted by molar-refractivity contribution is 6.34. The van der Waals surface area contributed by atoms with E-state index in [-0.39, 0.29) is 0 Å². The lowest BCUT2D eigenvalue weighted by Crippen LogP contribution is -2.39. The number of hydrogen-bond donors (Lipinski definition) is 4. The molecule has 0 radical (unpaired) electrons. The second-order valence-corrected chi connectivity index (χ2v) is 1.61. The second kappa shape index (κ2) is 3.98. The molecule has 0 aliphatic heterocycles. The van der Waals surface area contributed by atoms with Gasteiger partial charge in [0.1, 0.15) is 0 Å². The first kappa shape index (κ1) is 9.98. The van der Waals surface area contributed by atoms with Crippen molar-refractivity contribution in [3.63, 3.8) is 0 Å². The average Bonchev–Trinajstić information content (AvgIpc) is 2.00. The largest absolute Gasteiger partial charge is 0.475 e. The summed E-state index contributed by atoms with van der Waals surface area (Å²) in [5.41, 5.74) is 0. The number of aliphatic carboxylic acids is 1. The molecule has 0 rings (SSSR count). The van der Waals surface area contributed by atoms with Crippen LogP contribution in [0.4, 0.5) is 0 Å². The van der Waals surface area contributed by atoms with E-state index in [9.17, 15) is 9.59 Å². The molecule has 0 saturated heterocycles. The Kier molecular flexibility index (Phi) is 3.61. The molecule has 64 valence electrons. The number of aliphatic hydroxyl groups is 2. The Balaban J connectivity index is 4.13. The Morgan fingerprint density at radius 2 is 1.73 bits per heavy atom. The van der Waals surface area contributed by atoms with Gasteiger partial charge in [-0.2, -0.15) is 0 Å². The summed E-state index contributed by atoms with van der Waals surface area (Å²) in [4.78, 5) is 23.2. The molecule has 0 aromatic heterocycles. The van der Waals surface area contributed by atoms with E-state index in [0.29, 0.717) is 0 Å². The van der Waals surface area contributed by atoms with Gasteiger partial charge < -0.3 is 15.3 Å². The fourth-order valence-electron chi connectivity index (χ4n) is 0.314. The zero-order valence-electron chi connectivity index (χ0n) is 5.17. The Morgan fingerprint density at radius 3 is 2.00 bits per heavy atom. The van der Waals surface area contributed by atoms with Gasteiger partial charge in [0.05, 0.1) is 0 Å². The summed E-state index contributed by atoms with van der Waals surface area (Å²) in [6.45, 7) is 0. The van der Waals surface area contributed by atoms with Crippen LogP contribution < -0.4 is 0 Å². The van der Waals surface area contributed by atoms with Crippen molar-refractivity contribution in [3.8, 4) is 0 Å². The van der Waals surface area contributed by atoms with Gasteiger partial charge >= 0.3 is 5.97 Å². The van der Waals surface area contributed by atoms with Crippen molar-refractivity contribution >= 4 is 11.8 Å². The minimum absolute atomic E-state index is 1.66. The molecule has 7 heteroatoms. The molecule has 7 nitrogen and oxygen atoms in total. The van der Waals surface area contributed by atoms with E-state index in [2.05, 4.69) is 4.89 Å². The van der Waals surface area contributed by atoms with Crippen molar-refractivity contribution < 1.29 is 35.1 Å². The second-order valence-electron chi connectivity index (χ2n) is 1.61. The van der Waals surface area contributed by atoms with Crippen LogP contribution in [0.3, 0.4) is 0 Å². The summed E-state index contributed by atoms with van der Waals surface area (Å²) in [6.07, 6.45) is -4.52. The van der Waals surface area contributed by atoms with Crippen LogP contribution in [0.5, 0.6) is 0 Å². The van der Waals surface area contributed by atoms with E-state index < -0.39 is 24.1 Å². The van der Waals surface area contributed by atoms with Gasteiger partial charge in [-0.1, -0.05) is 0 Å². The molecule has 0 bridgehead atoms. The minimum atomic E-state index is -2.28. The minimum Gasteiger partial charge on any atom is -0.475 e. The molecule has 0 saturated carbocycles. The van der Waals surface area contributed by atoms with Crippen LogP contribution in [0.1, 0.15) is 0 Å². The summed E-state index contributed by atoms with van der Waals surface area (Å²) >= 11 is 0. The van der Waals surface area contributed by atoms with Crippen molar-refractivity contribution in [2.75, 3.05) is 0 Å². The van der Waals surface area contributed by atoms with Crippen LogP contribution in [0.15, 0.2) is 0 Å². The van der Waals surface area contributed by atoms with Gasteiger partial charge in [0.25, 0.3) is 5.78 Å². The zero-order chi connectivity index (χ0) is 9.02. The van der Waals surface area contributed by atoms with E-state index in [1.54, 1.807) is 0 Å². The predicted octanol–water partition coefficient (Wildman–Crippen LogP) is -2.19. The molecular formula is C4H6O7. The molecule has 4 N–H and O–H groups in total. The zero-order valence-corrected chi connectivity index (χ0v) is 5.17. The van der Waals surface area contributed by atoms with E-state index in [0.717, 1.165) is 0 Å². The lowest BCUT2D eigenvalue weighted by molar-refractivity contribution is -0.349. The first-order chi connectivity index (χ1) is 5.00. The molecule has 0 amide bonds. The monoisotopic (exact) mass is 166 g/mol. The van der Waals surface area contributed by atoms with Crippen LogP contribution in [0.2, 0.25) is 0 Å². The molecule has 2 unspecified atom stereocenters. The summed E-state index contributed by atoms with van der Waals surface area (Å²) in [5.74, 6) is -3.58. The van der Waals surface area contributed by atoms with E-state index in [4.69, 9.17) is 20.6 Å². The van der Waals surface area contributed by atoms with Gasteiger partial charge in [-0.05, 0) is 0 Å². The number of carboxylic acids is 1. The third-order valence-electron chi connectivity index (χ3n) is 0.858. The molecule has 0 aromatic rings. The summed E-state index contributed by atoms with van der Waals surface area (Å²) in [7, 11) is 0. The van der Waals surface area contributed by atoms with Crippen molar-refractivity contribution in [3.05, 3.63) is 0 Å². The Bertz CT molecular complexity index is 164. The maximum atomic E-state index is 10.2. The summed E-state index contributed by atoms with van der Waals surface area (Å²) in [6, 6.07) is 0. The first-order valence-corrected chi connectivity index (χ1v) is 2.44.